The zero-order valence-corrected chi connectivity index (χ0v) is 13.2. The first-order valence-corrected chi connectivity index (χ1v) is 7.38. The van der Waals surface area contributed by atoms with Crippen molar-refractivity contribution < 1.29 is 9.26 Å². The monoisotopic (exact) mass is 365 g/mol. The molecule has 1 unspecified atom stereocenters. The Morgan fingerprint density at radius 2 is 2.42 bits per heavy atom. The van der Waals surface area contributed by atoms with Gasteiger partial charge in [0.25, 0.3) is 0 Å². The summed E-state index contributed by atoms with van der Waals surface area (Å²) in [4.78, 5) is 5.39. The number of nitrogens with zero attached hydrogens (tertiary/aromatic N) is 2. The highest BCUT2D eigenvalue weighted by molar-refractivity contribution is 9.10. The first-order chi connectivity index (χ1) is 8.81. The molecule has 2 aromatic rings. The van der Waals surface area contributed by atoms with Crippen molar-refractivity contribution in [2.75, 3.05) is 19.7 Å². The SMILES string of the molecule is Brc1csc(-c2noc(CC3CNCCO3)n2)c1.Cl. The number of hydrogen-bond acceptors (Lipinski definition) is 6. The minimum atomic E-state index is 0. The van der Waals surface area contributed by atoms with Crippen LogP contribution in [-0.2, 0) is 11.2 Å². The van der Waals surface area contributed by atoms with E-state index in [1.165, 1.54) is 0 Å². The third-order valence-corrected chi connectivity index (χ3v) is 4.35. The second-order valence-corrected chi connectivity index (χ2v) is 5.87. The van der Waals surface area contributed by atoms with Crippen molar-refractivity contribution in [2.24, 2.45) is 0 Å². The molecule has 0 radical (unpaired) electrons. The molecule has 8 heteroatoms. The van der Waals surface area contributed by atoms with Gasteiger partial charge in [0.2, 0.25) is 11.7 Å². The van der Waals surface area contributed by atoms with Crippen LogP contribution in [-0.4, -0.2) is 35.9 Å². The number of rotatable bonds is 3. The summed E-state index contributed by atoms with van der Waals surface area (Å²) in [5.74, 6) is 1.27. The Balaban J connectivity index is 0.00000133. The van der Waals surface area contributed by atoms with E-state index in [1.54, 1.807) is 11.3 Å². The summed E-state index contributed by atoms with van der Waals surface area (Å²) in [5, 5.41) is 9.27. The summed E-state index contributed by atoms with van der Waals surface area (Å²) in [6.45, 7) is 2.49. The Morgan fingerprint density at radius 1 is 1.53 bits per heavy atom. The largest absolute Gasteiger partial charge is 0.375 e. The number of ether oxygens (including phenoxy) is 1. The fourth-order valence-corrected chi connectivity index (χ4v) is 3.17. The Hall–Kier alpha value is -0.470. The third kappa shape index (κ3) is 3.76. The van der Waals surface area contributed by atoms with Crippen LogP contribution in [0.2, 0.25) is 0 Å². The molecule has 2 aromatic heterocycles. The molecule has 0 spiro atoms. The van der Waals surface area contributed by atoms with Gasteiger partial charge in [0.1, 0.15) is 0 Å². The summed E-state index contributed by atoms with van der Waals surface area (Å²) in [7, 11) is 0. The number of hydrogen-bond donors (Lipinski definition) is 1. The van der Waals surface area contributed by atoms with Crippen LogP contribution in [0.4, 0.5) is 0 Å². The summed E-state index contributed by atoms with van der Waals surface area (Å²) in [5.41, 5.74) is 0. The van der Waals surface area contributed by atoms with E-state index in [4.69, 9.17) is 9.26 Å². The Morgan fingerprint density at radius 3 is 3.11 bits per heavy atom. The van der Waals surface area contributed by atoms with Gasteiger partial charge in [-0.1, -0.05) is 5.16 Å². The van der Waals surface area contributed by atoms with Crippen LogP contribution in [0, 0.1) is 0 Å². The Kier molecular flexibility index (Phi) is 5.35. The van der Waals surface area contributed by atoms with Gasteiger partial charge in [-0.15, -0.1) is 23.7 Å². The fraction of sp³-hybridized carbons (Fsp3) is 0.455. The number of nitrogens with one attached hydrogen (secondary N) is 1. The maximum atomic E-state index is 5.61. The van der Waals surface area contributed by atoms with Gasteiger partial charge in [0.15, 0.2) is 0 Å². The molecule has 104 valence electrons. The average Bonchev–Trinajstić information content (AvgIpc) is 2.99. The van der Waals surface area contributed by atoms with Crippen molar-refractivity contribution in [3.63, 3.8) is 0 Å². The third-order valence-electron chi connectivity index (χ3n) is 2.66. The second-order valence-electron chi connectivity index (χ2n) is 4.04. The van der Waals surface area contributed by atoms with Gasteiger partial charge in [-0.2, -0.15) is 4.98 Å². The predicted molar refractivity (Wildman–Crippen MR) is 78.9 cm³/mol. The van der Waals surface area contributed by atoms with E-state index in [0.29, 0.717) is 18.1 Å². The van der Waals surface area contributed by atoms with Crippen molar-refractivity contribution in [3.05, 3.63) is 21.8 Å². The normalized spacial score (nSPS) is 19.1. The molecular weight excluding hydrogens is 354 g/mol. The van der Waals surface area contributed by atoms with E-state index < -0.39 is 0 Å². The van der Waals surface area contributed by atoms with Crippen molar-refractivity contribution >= 4 is 39.7 Å². The zero-order chi connectivity index (χ0) is 12.4. The van der Waals surface area contributed by atoms with Crippen LogP contribution in [0.5, 0.6) is 0 Å². The maximum absolute atomic E-state index is 5.61. The van der Waals surface area contributed by atoms with Gasteiger partial charge >= 0.3 is 0 Å². The molecule has 1 aliphatic rings. The van der Waals surface area contributed by atoms with Crippen molar-refractivity contribution in [1.29, 1.82) is 0 Å². The van der Waals surface area contributed by atoms with E-state index in [9.17, 15) is 0 Å². The highest BCUT2D eigenvalue weighted by Crippen LogP contribution is 2.27. The van der Waals surface area contributed by atoms with E-state index in [0.717, 1.165) is 29.0 Å². The molecule has 19 heavy (non-hydrogen) atoms. The van der Waals surface area contributed by atoms with Crippen LogP contribution in [0.3, 0.4) is 0 Å². The van der Waals surface area contributed by atoms with E-state index in [-0.39, 0.29) is 18.5 Å². The van der Waals surface area contributed by atoms with Gasteiger partial charge < -0.3 is 14.6 Å². The standard InChI is InChI=1S/C11H12BrN3O2S.ClH/c12-7-3-9(18-6-7)11-14-10(17-15-11)4-8-5-13-1-2-16-8;/h3,6,8,13H,1-2,4-5H2;1H. The smallest absolute Gasteiger partial charge is 0.229 e. The fourth-order valence-electron chi connectivity index (χ4n) is 1.81. The maximum Gasteiger partial charge on any atom is 0.229 e. The van der Waals surface area contributed by atoms with Crippen molar-refractivity contribution in [2.45, 2.75) is 12.5 Å². The van der Waals surface area contributed by atoms with Gasteiger partial charge in [-0.25, -0.2) is 0 Å². The topological polar surface area (TPSA) is 60.2 Å². The lowest BCUT2D eigenvalue weighted by molar-refractivity contribution is 0.0246. The van der Waals surface area contributed by atoms with Gasteiger partial charge in [0, 0.05) is 22.9 Å². The first kappa shape index (κ1) is 14.9. The molecule has 0 bridgehead atoms. The van der Waals surface area contributed by atoms with Gasteiger partial charge in [-0.05, 0) is 22.0 Å². The molecule has 3 heterocycles. The summed E-state index contributed by atoms with van der Waals surface area (Å²) in [6.07, 6.45) is 0.786. The predicted octanol–water partition coefficient (Wildman–Crippen LogP) is 2.51. The minimum Gasteiger partial charge on any atom is -0.375 e. The molecule has 0 aliphatic carbocycles. The zero-order valence-electron chi connectivity index (χ0n) is 9.97. The van der Waals surface area contributed by atoms with Crippen LogP contribution < -0.4 is 5.32 Å². The molecule has 5 nitrogen and oxygen atoms in total. The lowest BCUT2D eigenvalue weighted by atomic mass is 10.2. The minimum absolute atomic E-state index is 0. The highest BCUT2D eigenvalue weighted by atomic mass is 79.9. The van der Waals surface area contributed by atoms with Gasteiger partial charge in [-0.3, -0.25) is 0 Å². The number of thiophene rings is 1. The Labute approximate surface area is 129 Å². The molecular formula is C11H13BrClN3O2S. The van der Waals surface area contributed by atoms with Crippen LogP contribution in [0.1, 0.15) is 5.89 Å². The number of halogens is 2. The molecule has 0 saturated carbocycles. The first-order valence-electron chi connectivity index (χ1n) is 5.70. The van der Waals surface area contributed by atoms with Crippen molar-refractivity contribution in [1.82, 2.24) is 15.5 Å². The Bertz CT molecular complexity index is 527. The summed E-state index contributed by atoms with van der Waals surface area (Å²) >= 11 is 5.00. The number of aromatic nitrogens is 2. The molecule has 1 fully saturated rings. The van der Waals surface area contributed by atoms with Gasteiger partial charge in [0.05, 0.1) is 24.0 Å². The van der Waals surface area contributed by atoms with Crippen LogP contribution >= 0.6 is 39.7 Å². The van der Waals surface area contributed by atoms with E-state index in [2.05, 4.69) is 31.4 Å². The van der Waals surface area contributed by atoms with E-state index >= 15 is 0 Å². The second kappa shape index (κ2) is 6.81. The molecule has 1 saturated heterocycles. The highest BCUT2D eigenvalue weighted by Gasteiger charge is 2.18. The average molecular weight is 367 g/mol. The van der Waals surface area contributed by atoms with E-state index in [1.807, 2.05) is 11.4 Å². The molecule has 3 rings (SSSR count). The molecule has 0 aromatic carbocycles. The lowest BCUT2D eigenvalue weighted by Gasteiger charge is -2.21. The molecule has 1 atom stereocenters. The quantitative estimate of drug-likeness (QED) is 0.904. The molecule has 0 amide bonds. The lowest BCUT2D eigenvalue weighted by Crippen LogP contribution is -2.39. The molecule has 1 N–H and O–H groups in total. The van der Waals surface area contributed by atoms with Crippen LogP contribution in [0.15, 0.2) is 20.4 Å². The summed E-state index contributed by atoms with van der Waals surface area (Å²) in [6, 6.07) is 1.98. The van der Waals surface area contributed by atoms with Crippen molar-refractivity contribution in [3.8, 4) is 10.7 Å². The van der Waals surface area contributed by atoms with Crippen LogP contribution in [0.25, 0.3) is 10.7 Å². The summed E-state index contributed by atoms with van der Waals surface area (Å²) < 4.78 is 11.9. The molecule has 1 aliphatic heterocycles. The number of morpholine rings is 1.